The summed E-state index contributed by atoms with van der Waals surface area (Å²) >= 11 is 4.85. The number of amides is 1. The Morgan fingerprint density at radius 1 is 1.48 bits per heavy atom. The first kappa shape index (κ1) is 17.7. The van der Waals surface area contributed by atoms with Gasteiger partial charge in [-0.25, -0.2) is 0 Å². The number of aromatic nitrogens is 3. The van der Waals surface area contributed by atoms with E-state index in [2.05, 4.69) is 38.0 Å². The highest BCUT2D eigenvalue weighted by atomic mass is 79.9. The molecule has 0 spiro atoms. The van der Waals surface area contributed by atoms with Crippen LogP contribution in [-0.4, -0.2) is 25.9 Å². The number of nitrogens with zero attached hydrogens (tertiary/aromatic N) is 3. The molecule has 2 aromatic rings. The normalized spacial score (nSPS) is 12.0. The van der Waals surface area contributed by atoms with Crippen molar-refractivity contribution >= 4 is 39.3 Å². The number of carbonyl (C=O) groups is 1. The third kappa shape index (κ3) is 4.45. The Morgan fingerprint density at radius 2 is 2.22 bits per heavy atom. The van der Waals surface area contributed by atoms with Crippen LogP contribution in [0.5, 0.6) is 0 Å². The third-order valence-electron chi connectivity index (χ3n) is 3.25. The summed E-state index contributed by atoms with van der Waals surface area (Å²) in [5, 5.41) is 11.5. The van der Waals surface area contributed by atoms with Gasteiger partial charge in [0.1, 0.15) is 5.82 Å². The largest absolute Gasteiger partial charge is 0.324 e. The summed E-state index contributed by atoms with van der Waals surface area (Å²) in [7, 11) is 0. The first-order valence-electron chi connectivity index (χ1n) is 7.16. The summed E-state index contributed by atoms with van der Waals surface area (Å²) in [5.74, 6) is 0.728. The van der Waals surface area contributed by atoms with Gasteiger partial charge in [0.2, 0.25) is 5.91 Å². The van der Waals surface area contributed by atoms with Gasteiger partial charge in [-0.3, -0.25) is 4.79 Å². The molecule has 0 saturated carbocycles. The SMILES string of the molecule is C=CCn1c(C)nnc1S[C@@H](C)C(=O)Nc1ccc(C)cc1Br. The van der Waals surface area contributed by atoms with E-state index < -0.39 is 0 Å². The van der Waals surface area contributed by atoms with Gasteiger partial charge in [-0.2, -0.15) is 0 Å². The Morgan fingerprint density at radius 3 is 2.87 bits per heavy atom. The maximum absolute atomic E-state index is 12.4. The maximum Gasteiger partial charge on any atom is 0.237 e. The molecule has 0 saturated heterocycles. The number of carbonyl (C=O) groups excluding carboxylic acids is 1. The number of allylic oxidation sites excluding steroid dienone is 1. The number of halogens is 1. The average molecular weight is 395 g/mol. The molecule has 0 aliphatic carbocycles. The monoisotopic (exact) mass is 394 g/mol. The van der Waals surface area contributed by atoms with Gasteiger partial charge in [-0.15, -0.1) is 16.8 Å². The van der Waals surface area contributed by atoms with Crippen LogP contribution < -0.4 is 5.32 Å². The van der Waals surface area contributed by atoms with Gasteiger partial charge in [0.05, 0.1) is 10.9 Å². The van der Waals surface area contributed by atoms with Crippen LogP contribution in [0.15, 0.2) is 40.5 Å². The zero-order chi connectivity index (χ0) is 17.0. The number of nitrogens with one attached hydrogen (secondary N) is 1. The van der Waals surface area contributed by atoms with Crippen LogP contribution in [0, 0.1) is 13.8 Å². The van der Waals surface area contributed by atoms with E-state index in [1.165, 1.54) is 11.8 Å². The van der Waals surface area contributed by atoms with E-state index in [9.17, 15) is 4.79 Å². The molecule has 1 heterocycles. The highest BCUT2D eigenvalue weighted by Gasteiger charge is 2.19. The lowest BCUT2D eigenvalue weighted by molar-refractivity contribution is -0.115. The van der Waals surface area contributed by atoms with Gasteiger partial charge >= 0.3 is 0 Å². The third-order valence-corrected chi connectivity index (χ3v) is 4.98. The van der Waals surface area contributed by atoms with Crippen molar-refractivity contribution in [2.75, 3.05) is 5.32 Å². The van der Waals surface area contributed by atoms with Crippen molar-refractivity contribution in [3.05, 3.63) is 46.7 Å². The van der Waals surface area contributed by atoms with E-state index in [1.54, 1.807) is 6.08 Å². The Hall–Kier alpha value is -1.60. The quantitative estimate of drug-likeness (QED) is 0.594. The molecule has 5 nitrogen and oxygen atoms in total. The smallest absolute Gasteiger partial charge is 0.237 e. The van der Waals surface area contributed by atoms with Crippen LogP contribution in [-0.2, 0) is 11.3 Å². The van der Waals surface area contributed by atoms with Crippen molar-refractivity contribution in [2.24, 2.45) is 0 Å². The minimum atomic E-state index is -0.296. The Balaban J connectivity index is 2.07. The molecule has 0 fully saturated rings. The summed E-state index contributed by atoms with van der Waals surface area (Å²) in [6.07, 6.45) is 1.79. The van der Waals surface area contributed by atoms with Crippen molar-refractivity contribution < 1.29 is 4.79 Å². The maximum atomic E-state index is 12.4. The molecule has 2 rings (SSSR count). The van der Waals surface area contributed by atoms with E-state index in [0.29, 0.717) is 11.7 Å². The summed E-state index contributed by atoms with van der Waals surface area (Å²) in [5.41, 5.74) is 1.89. The number of anilines is 1. The van der Waals surface area contributed by atoms with Crippen LogP contribution in [0.4, 0.5) is 5.69 Å². The summed E-state index contributed by atoms with van der Waals surface area (Å²) in [6, 6.07) is 5.82. The Kier molecular flexibility index (Phi) is 6.01. The second kappa shape index (κ2) is 7.79. The van der Waals surface area contributed by atoms with Crippen molar-refractivity contribution in [3.8, 4) is 0 Å². The first-order valence-corrected chi connectivity index (χ1v) is 8.84. The second-order valence-electron chi connectivity index (χ2n) is 5.16. The molecule has 1 aromatic carbocycles. The lowest BCUT2D eigenvalue weighted by atomic mass is 10.2. The summed E-state index contributed by atoms with van der Waals surface area (Å²) in [4.78, 5) is 12.4. The lowest BCUT2D eigenvalue weighted by Gasteiger charge is -2.13. The molecule has 0 aliphatic heterocycles. The van der Waals surface area contributed by atoms with Crippen molar-refractivity contribution in [1.29, 1.82) is 0 Å². The fourth-order valence-corrected chi connectivity index (χ4v) is 3.45. The highest BCUT2D eigenvalue weighted by Crippen LogP contribution is 2.26. The van der Waals surface area contributed by atoms with Crippen LogP contribution >= 0.6 is 27.7 Å². The predicted molar refractivity (Wildman–Crippen MR) is 97.8 cm³/mol. The van der Waals surface area contributed by atoms with Gasteiger partial charge in [-0.05, 0) is 54.4 Å². The molecule has 0 unspecified atom stereocenters. The van der Waals surface area contributed by atoms with E-state index in [4.69, 9.17) is 0 Å². The number of hydrogen-bond acceptors (Lipinski definition) is 4. The second-order valence-corrected chi connectivity index (χ2v) is 7.32. The molecule has 7 heteroatoms. The number of thioether (sulfide) groups is 1. The molecule has 1 amide bonds. The molecule has 1 aromatic heterocycles. The zero-order valence-electron chi connectivity index (χ0n) is 13.3. The molecular weight excluding hydrogens is 376 g/mol. The summed E-state index contributed by atoms with van der Waals surface area (Å²) in [6.45, 7) is 10.1. The lowest BCUT2D eigenvalue weighted by Crippen LogP contribution is -2.23. The van der Waals surface area contributed by atoms with Crippen LogP contribution in [0.3, 0.4) is 0 Å². The molecule has 122 valence electrons. The van der Waals surface area contributed by atoms with Gasteiger partial charge < -0.3 is 9.88 Å². The topological polar surface area (TPSA) is 59.8 Å². The zero-order valence-corrected chi connectivity index (χ0v) is 15.7. The van der Waals surface area contributed by atoms with Gasteiger partial charge in [0.15, 0.2) is 5.16 Å². The van der Waals surface area contributed by atoms with E-state index in [1.807, 2.05) is 43.5 Å². The van der Waals surface area contributed by atoms with Crippen molar-refractivity contribution in [1.82, 2.24) is 14.8 Å². The first-order chi connectivity index (χ1) is 10.9. The van der Waals surface area contributed by atoms with Crippen LogP contribution in [0.25, 0.3) is 0 Å². The van der Waals surface area contributed by atoms with Crippen LogP contribution in [0.1, 0.15) is 18.3 Å². The van der Waals surface area contributed by atoms with E-state index >= 15 is 0 Å². The minimum Gasteiger partial charge on any atom is -0.324 e. The van der Waals surface area contributed by atoms with E-state index in [0.717, 1.165) is 21.5 Å². The molecule has 0 radical (unpaired) electrons. The molecule has 0 bridgehead atoms. The standard InChI is InChI=1S/C16H19BrN4OS/c1-5-8-21-12(4)19-20-16(21)23-11(3)15(22)18-14-7-6-10(2)9-13(14)17/h5-7,9,11H,1,8H2,2-4H3,(H,18,22)/t11-/m0/s1. The molecule has 0 aliphatic rings. The fourth-order valence-electron chi connectivity index (χ4n) is 1.96. The van der Waals surface area contributed by atoms with Crippen LogP contribution in [0.2, 0.25) is 0 Å². The van der Waals surface area contributed by atoms with Crippen molar-refractivity contribution in [2.45, 2.75) is 37.7 Å². The molecule has 1 atom stereocenters. The summed E-state index contributed by atoms with van der Waals surface area (Å²) < 4.78 is 2.80. The molecule has 1 N–H and O–H groups in total. The minimum absolute atomic E-state index is 0.0784. The number of benzene rings is 1. The Bertz CT molecular complexity index is 729. The average Bonchev–Trinajstić information content (AvgIpc) is 2.83. The van der Waals surface area contributed by atoms with E-state index in [-0.39, 0.29) is 11.2 Å². The Labute approximate surface area is 148 Å². The number of aryl methyl sites for hydroxylation is 2. The number of rotatable bonds is 6. The van der Waals surface area contributed by atoms with Crippen molar-refractivity contribution in [3.63, 3.8) is 0 Å². The highest BCUT2D eigenvalue weighted by molar-refractivity contribution is 9.10. The number of hydrogen-bond donors (Lipinski definition) is 1. The molecule has 23 heavy (non-hydrogen) atoms. The van der Waals surface area contributed by atoms with Gasteiger partial charge in [-0.1, -0.05) is 23.9 Å². The predicted octanol–water partition coefficient (Wildman–Crippen LogP) is 3.96. The molecular formula is C16H19BrN4OS. The van der Waals surface area contributed by atoms with Gasteiger partial charge in [0.25, 0.3) is 0 Å². The van der Waals surface area contributed by atoms with Gasteiger partial charge in [0, 0.05) is 11.0 Å². The fraction of sp³-hybridized carbons (Fsp3) is 0.312.